The van der Waals surface area contributed by atoms with E-state index in [0.717, 1.165) is 6.92 Å². The second-order valence-electron chi connectivity index (χ2n) is 4.10. The van der Waals surface area contributed by atoms with Crippen molar-refractivity contribution in [3.8, 4) is 0 Å². The Morgan fingerprint density at radius 1 is 1.67 bits per heavy atom. The minimum absolute atomic E-state index is 0.0952. The Hall–Kier alpha value is -1.61. The fourth-order valence-corrected chi connectivity index (χ4v) is 2.39. The molecule has 0 bridgehead atoms. The fourth-order valence-electron chi connectivity index (χ4n) is 1.50. The summed E-state index contributed by atoms with van der Waals surface area (Å²) in [7, 11) is -3.95. The van der Waals surface area contributed by atoms with E-state index in [1.54, 1.807) is 4.68 Å². The number of carboxylic acids is 1. The third-order valence-corrected chi connectivity index (χ3v) is 4.46. The first-order valence-electron chi connectivity index (χ1n) is 5.40. The normalized spacial score (nSPS) is 18.1. The summed E-state index contributed by atoms with van der Waals surface area (Å²) in [5.74, 6) is -1.10. The van der Waals surface area contributed by atoms with Gasteiger partial charge >= 0.3 is 5.97 Å². The zero-order valence-corrected chi connectivity index (χ0v) is 10.5. The first kappa shape index (κ1) is 12.8. The van der Waals surface area contributed by atoms with Crippen molar-refractivity contribution in [1.29, 1.82) is 0 Å². The average Bonchev–Trinajstić information content (AvgIpc) is 2.62. The molecule has 1 unspecified atom stereocenters. The number of sulfonamides is 1. The Kier molecular flexibility index (Phi) is 3.26. The molecule has 1 fully saturated rings. The third-order valence-electron chi connectivity index (χ3n) is 2.84. The highest BCUT2D eigenvalue weighted by Crippen LogP contribution is 2.19. The van der Waals surface area contributed by atoms with Gasteiger partial charge < -0.3 is 10.4 Å². The molecular weight excluding hydrogens is 260 g/mol. The summed E-state index contributed by atoms with van der Waals surface area (Å²) in [6.07, 6.45) is 1.47. The zero-order chi connectivity index (χ0) is 13.3. The van der Waals surface area contributed by atoms with Crippen molar-refractivity contribution in [3.05, 3.63) is 12.3 Å². The Morgan fingerprint density at radius 3 is 2.83 bits per heavy atom. The summed E-state index contributed by atoms with van der Waals surface area (Å²) in [6, 6.07) is 1.60. The predicted molar refractivity (Wildman–Crippen MR) is 63.8 cm³/mol. The molecule has 0 saturated carbocycles. The zero-order valence-electron chi connectivity index (χ0n) is 9.70. The van der Waals surface area contributed by atoms with Crippen molar-refractivity contribution in [2.45, 2.75) is 18.2 Å². The van der Waals surface area contributed by atoms with Gasteiger partial charge in [0.25, 0.3) is 0 Å². The molecule has 1 aromatic heterocycles. The van der Waals surface area contributed by atoms with Crippen LogP contribution in [-0.4, -0.2) is 47.6 Å². The lowest BCUT2D eigenvalue weighted by molar-refractivity contribution is -0.136. The molecule has 0 aromatic carbocycles. The van der Waals surface area contributed by atoms with E-state index in [2.05, 4.69) is 15.1 Å². The Balaban J connectivity index is 2.19. The summed E-state index contributed by atoms with van der Waals surface area (Å²) in [5, 5.41) is 14.3. The second-order valence-corrected chi connectivity index (χ2v) is 6.10. The smallest absolute Gasteiger partial charge is 0.323 e. The van der Waals surface area contributed by atoms with Gasteiger partial charge in [-0.25, -0.2) is 13.1 Å². The van der Waals surface area contributed by atoms with E-state index in [9.17, 15) is 13.2 Å². The van der Waals surface area contributed by atoms with Gasteiger partial charge in [0.1, 0.15) is 5.82 Å². The summed E-state index contributed by atoms with van der Waals surface area (Å²) in [5.41, 5.74) is 0. The van der Waals surface area contributed by atoms with E-state index in [4.69, 9.17) is 5.11 Å². The Bertz CT molecular complexity index is 549. The molecule has 8 nitrogen and oxygen atoms in total. The topological polar surface area (TPSA) is 113 Å². The molecule has 1 aliphatic rings. The number of anilines is 1. The SMILES string of the molecule is CC(C(=O)O)S(=O)(=O)Nc1ccnn1C1CNC1. The van der Waals surface area contributed by atoms with E-state index in [-0.39, 0.29) is 11.9 Å². The lowest BCUT2D eigenvalue weighted by atomic mass is 10.2. The minimum atomic E-state index is -3.95. The van der Waals surface area contributed by atoms with Crippen LogP contribution in [0.15, 0.2) is 12.3 Å². The first-order valence-corrected chi connectivity index (χ1v) is 6.95. The maximum absolute atomic E-state index is 11.8. The number of aromatic nitrogens is 2. The summed E-state index contributed by atoms with van der Waals surface area (Å²) in [4.78, 5) is 10.7. The number of aliphatic carboxylic acids is 1. The van der Waals surface area contributed by atoms with Crippen LogP contribution in [0.1, 0.15) is 13.0 Å². The average molecular weight is 274 g/mol. The van der Waals surface area contributed by atoms with Gasteiger partial charge in [-0.2, -0.15) is 5.10 Å². The molecule has 0 amide bonds. The molecule has 1 saturated heterocycles. The highest BCUT2D eigenvalue weighted by atomic mass is 32.2. The lowest BCUT2D eigenvalue weighted by Crippen LogP contribution is -2.44. The van der Waals surface area contributed by atoms with Crippen LogP contribution in [0.2, 0.25) is 0 Å². The Labute approximate surface area is 104 Å². The van der Waals surface area contributed by atoms with Crippen molar-refractivity contribution in [1.82, 2.24) is 15.1 Å². The van der Waals surface area contributed by atoms with E-state index in [0.29, 0.717) is 13.1 Å². The van der Waals surface area contributed by atoms with Gasteiger partial charge in [-0.1, -0.05) is 0 Å². The van der Waals surface area contributed by atoms with E-state index >= 15 is 0 Å². The van der Waals surface area contributed by atoms with E-state index in [1.165, 1.54) is 12.3 Å². The van der Waals surface area contributed by atoms with Gasteiger partial charge in [-0.3, -0.25) is 9.52 Å². The number of nitrogens with zero attached hydrogens (tertiary/aromatic N) is 2. The van der Waals surface area contributed by atoms with Crippen molar-refractivity contribution >= 4 is 21.8 Å². The molecule has 18 heavy (non-hydrogen) atoms. The maximum atomic E-state index is 11.8. The quantitative estimate of drug-likeness (QED) is 0.650. The van der Waals surface area contributed by atoms with E-state index < -0.39 is 21.2 Å². The molecule has 2 rings (SSSR count). The van der Waals surface area contributed by atoms with Crippen LogP contribution in [0.25, 0.3) is 0 Å². The number of hydrogen-bond acceptors (Lipinski definition) is 5. The van der Waals surface area contributed by atoms with Crippen molar-refractivity contribution < 1.29 is 18.3 Å². The van der Waals surface area contributed by atoms with Crippen LogP contribution in [0.3, 0.4) is 0 Å². The highest BCUT2D eigenvalue weighted by Gasteiger charge is 2.30. The van der Waals surface area contributed by atoms with Crippen LogP contribution < -0.4 is 10.0 Å². The molecule has 0 spiro atoms. The largest absolute Gasteiger partial charge is 0.480 e. The molecule has 100 valence electrons. The monoisotopic (exact) mass is 274 g/mol. The Morgan fingerprint density at radius 2 is 2.33 bits per heavy atom. The number of rotatable bonds is 5. The third kappa shape index (κ3) is 2.31. The molecule has 1 atom stereocenters. The summed E-state index contributed by atoms with van der Waals surface area (Å²) in [6.45, 7) is 2.55. The van der Waals surface area contributed by atoms with E-state index in [1.807, 2.05) is 0 Å². The van der Waals surface area contributed by atoms with Crippen LogP contribution in [0.5, 0.6) is 0 Å². The molecule has 1 aliphatic heterocycles. The minimum Gasteiger partial charge on any atom is -0.480 e. The molecule has 0 radical (unpaired) electrons. The predicted octanol–water partition coefficient (Wildman–Crippen LogP) is -0.758. The van der Waals surface area contributed by atoms with Gasteiger partial charge in [-0.15, -0.1) is 0 Å². The highest BCUT2D eigenvalue weighted by molar-refractivity contribution is 7.94. The lowest BCUT2D eigenvalue weighted by Gasteiger charge is -2.28. The van der Waals surface area contributed by atoms with Gasteiger partial charge in [0, 0.05) is 19.2 Å². The molecule has 3 N–H and O–H groups in total. The van der Waals surface area contributed by atoms with Gasteiger partial charge in [-0.05, 0) is 6.92 Å². The van der Waals surface area contributed by atoms with Crippen molar-refractivity contribution in [2.24, 2.45) is 0 Å². The van der Waals surface area contributed by atoms with Crippen LogP contribution in [-0.2, 0) is 14.8 Å². The summed E-state index contributed by atoms with van der Waals surface area (Å²) < 4.78 is 27.3. The van der Waals surface area contributed by atoms with Crippen LogP contribution in [0.4, 0.5) is 5.82 Å². The van der Waals surface area contributed by atoms with Crippen molar-refractivity contribution in [3.63, 3.8) is 0 Å². The number of hydrogen-bond donors (Lipinski definition) is 3. The maximum Gasteiger partial charge on any atom is 0.323 e. The fraction of sp³-hybridized carbons (Fsp3) is 0.556. The van der Waals surface area contributed by atoms with Crippen LogP contribution >= 0.6 is 0 Å². The standard InChI is InChI=1S/C9H14N4O4S/c1-6(9(14)15)18(16,17)12-8-2-3-11-13(8)7-4-10-5-7/h2-3,6-7,10,12H,4-5H2,1H3,(H,14,15). The second kappa shape index (κ2) is 4.58. The molecule has 9 heteroatoms. The molecular formula is C9H14N4O4S. The van der Waals surface area contributed by atoms with Crippen molar-refractivity contribution in [2.75, 3.05) is 17.8 Å². The summed E-state index contributed by atoms with van der Waals surface area (Å²) >= 11 is 0. The molecule has 1 aromatic rings. The van der Waals surface area contributed by atoms with Gasteiger partial charge in [0.05, 0.1) is 12.2 Å². The van der Waals surface area contributed by atoms with Crippen LogP contribution in [0, 0.1) is 0 Å². The number of carboxylic acid groups (broad SMARTS) is 1. The van der Waals surface area contributed by atoms with Gasteiger partial charge in [0.15, 0.2) is 5.25 Å². The number of carbonyl (C=O) groups is 1. The molecule has 0 aliphatic carbocycles. The molecule has 2 heterocycles. The number of nitrogens with one attached hydrogen (secondary N) is 2. The first-order chi connectivity index (χ1) is 8.42. The van der Waals surface area contributed by atoms with Gasteiger partial charge in [0.2, 0.25) is 10.0 Å².